The van der Waals surface area contributed by atoms with E-state index in [1.54, 1.807) is 0 Å². The quantitative estimate of drug-likeness (QED) is 0.536. The van der Waals surface area contributed by atoms with Crippen LogP contribution >= 0.6 is 0 Å². The average Bonchev–Trinajstić information content (AvgIpc) is 1.81. The van der Waals surface area contributed by atoms with Crippen molar-refractivity contribution in [2.45, 2.75) is 27.7 Å². The molecular weight excluding hydrogens is 122 g/mol. The number of hydrogen-bond acceptors (Lipinski definition) is 1. The van der Waals surface area contributed by atoms with Gasteiger partial charge in [-0.1, -0.05) is 27.7 Å². The first-order chi connectivity index (χ1) is 4.59. The molecule has 0 aromatic heterocycles. The molecule has 0 heterocycles. The molecule has 0 aliphatic heterocycles. The van der Waals surface area contributed by atoms with Gasteiger partial charge in [0.25, 0.3) is 0 Å². The lowest BCUT2D eigenvalue weighted by atomic mass is 9.87. The van der Waals surface area contributed by atoms with Crippen molar-refractivity contribution in [1.29, 1.82) is 0 Å². The first kappa shape index (κ1) is 9.67. The molecule has 0 radical (unpaired) electrons. The summed E-state index contributed by atoms with van der Waals surface area (Å²) in [5.41, 5.74) is 0. The van der Waals surface area contributed by atoms with E-state index in [0.29, 0.717) is 17.8 Å². The van der Waals surface area contributed by atoms with E-state index in [0.717, 1.165) is 0 Å². The van der Waals surface area contributed by atoms with Gasteiger partial charge in [0.2, 0.25) is 0 Å². The van der Waals surface area contributed by atoms with Crippen LogP contribution in [0.3, 0.4) is 0 Å². The minimum absolute atomic E-state index is 0.644. The van der Waals surface area contributed by atoms with E-state index < -0.39 is 0 Å². The highest BCUT2D eigenvalue weighted by molar-refractivity contribution is 5.61. The van der Waals surface area contributed by atoms with Gasteiger partial charge in [0.15, 0.2) is 0 Å². The lowest BCUT2D eigenvalue weighted by Gasteiger charge is -2.19. The van der Waals surface area contributed by atoms with Crippen molar-refractivity contribution in [3.05, 3.63) is 0 Å². The molecule has 0 aromatic rings. The predicted octanol–water partition coefficient (Wildman–Crippen LogP) is 2.62. The molecule has 0 aliphatic carbocycles. The van der Waals surface area contributed by atoms with Crippen LogP contribution in [0.2, 0.25) is 0 Å². The number of nitrogens with zero attached hydrogens (tertiary/aromatic N) is 1. The fourth-order valence-electron chi connectivity index (χ4n) is 1.29. The molecule has 0 N–H and O–H groups in total. The normalized spacial score (nSPS) is 12.8. The third-order valence-electron chi connectivity index (χ3n) is 1.86. The Morgan fingerprint density at radius 1 is 1.00 bits per heavy atom. The molecule has 1 nitrogen and oxygen atoms in total. The number of aliphatic imine (C=N–C) groups is 1. The van der Waals surface area contributed by atoms with Crippen molar-refractivity contribution in [3.8, 4) is 0 Å². The Balaban J connectivity index is 3.98. The van der Waals surface area contributed by atoms with Gasteiger partial charge in [-0.15, -0.1) is 0 Å². The topological polar surface area (TPSA) is 12.4 Å². The summed E-state index contributed by atoms with van der Waals surface area (Å²) in [7, 11) is 1.84. The first-order valence-electron chi connectivity index (χ1n) is 4.01. The van der Waals surface area contributed by atoms with Crippen molar-refractivity contribution in [2.24, 2.45) is 22.7 Å². The summed E-state index contributed by atoms with van der Waals surface area (Å²) in [5, 5.41) is 0. The number of rotatable bonds is 3. The van der Waals surface area contributed by atoms with Crippen LogP contribution in [0.4, 0.5) is 0 Å². The largest absolute Gasteiger partial charge is 0.301 e. The maximum atomic E-state index is 4.05. The average molecular weight is 141 g/mol. The van der Waals surface area contributed by atoms with Crippen molar-refractivity contribution >= 4 is 6.21 Å². The second kappa shape index (κ2) is 4.48. The summed E-state index contributed by atoms with van der Waals surface area (Å²) in [4.78, 5) is 4.05. The fraction of sp³-hybridized carbons (Fsp3) is 0.889. The molecule has 0 bridgehead atoms. The van der Waals surface area contributed by atoms with Gasteiger partial charge in [-0.3, -0.25) is 0 Å². The maximum absolute atomic E-state index is 4.05. The van der Waals surface area contributed by atoms with Crippen LogP contribution < -0.4 is 0 Å². The van der Waals surface area contributed by atoms with Crippen LogP contribution in [0.5, 0.6) is 0 Å². The molecule has 0 spiro atoms. The van der Waals surface area contributed by atoms with Crippen LogP contribution in [0.1, 0.15) is 27.7 Å². The Hall–Kier alpha value is -0.330. The predicted molar refractivity (Wildman–Crippen MR) is 47.6 cm³/mol. The van der Waals surface area contributed by atoms with E-state index in [1.807, 2.05) is 7.05 Å². The van der Waals surface area contributed by atoms with Crippen molar-refractivity contribution in [3.63, 3.8) is 0 Å². The van der Waals surface area contributed by atoms with E-state index >= 15 is 0 Å². The smallest absolute Gasteiger partial charge is 0.0273 e. The van der Waals surface area contributed by atoms with Crippen LogP contribution in [0.15, 0.2) is 4.99 Å². The molecular formula is C9H19N. The molecule has 0 amide bonds. The molecule has 0 saturated carbocycles. The summed E-state index contributed by atoms with van der Waals surface area (Å²) in [5.74, 6) is 2.07. The lowest BCUT2D eigenvalue weighted by molar-refractivity contribution is 0.387. The van der Waals surface area contributed by atoms with Gasteiger partial charge in [-0.05, 0) is 17.8 Å². The molecule has 0 aromatic carbocycles. The number of hydrogen-bond donors (Lipinski definition) is 0. The van der Waals surface area contributed by atoms with E-state index in [9.17, 15) is 0 Å². The molecule has 10 heavy (non-hydrogen) atoms. The highest BCUT2D eigenvalue weighted by atomic mass is 14.6. The summed E-state index contributed by atoms with van der Waals surface area (Å²) >= 11 is 0. The van der Waals surface area contributed by atoms with E-state index in [2.05, 4.69) is 38.9 Å². The second-order valence-electron chi connectivity index (χ2n) is 3.47. The molecule has 0 unspecified atom stereocenters. The molecule has 0 atom stereocenters. The van der Waals surface area contributed by atoms with Gasteiger partial charge in [0, 0.05) is 13.3 Å². The minimum Gasteiger partial charge on any atom is -0.301 e. The third kappa shape index (κ3) is 3.00. The summed E-state index contributed by atoms with van der Waals surface area (Å²) < 4.78 is 0. The van der Waals surface area contributed by atoms with E-state index in [4.69, 9.17) is 0 Å². The summed E-state index contributed by atoms with van der Waals surface area (Å²) in [6.07, 6.45) is 2.06. The Bertz CT molecular complexity index is 95.3. The molecule has 0 aliphatic rings. The van der Waals surface area contributed by atoms with Gasteiger partial charge >= 0.3 is 0 Å². The third-order valence-corrected chi connectivity index (χ3v) is 1.86. The monoisotopic (exact) mass is 141 g/mol. The zero-order valence-electron chi connectivity index (χ0n) is 7.76. The van der Waals surface area contributed by atoms with Crippen molar-refractivity contribution in [2.75, 3.05) is 7.05 Å². The molecule has 60 valence electrons. The second-order valence-corrected chi connectivity index (χ2v) is 3.47. The highest BCUT2D eigenvalue weighted by Crippen LogP contribution is 2.17. The van der Waals surface area contributed by atoms with Gasteiger partial charge in [-0.2, -0.15) is 0 Å². The van der Waals surface area contributed by atoms with Gasteiger partial charge in [0.1, 0.15) is 0 Å². The van der Waals surface area contributed by atoms with Crippen LogP contribution in [-0.4, -0.2) is 13.3 Å². The van der Waals surface area contributed by atoms with E-state index in [-0.39, 0.29) is 0 Å². The first-order valence-corrected chi connectivity index (χ1v) is 4.01. The SMILES string of the molecule is CN=CC(C(C)C)C(C)C. The van der Waals surface area contributed by atoms with Crippen LogP contribution in [-0.2, 0) is 0 Å². The Morgan fingerprint density at radius 2 is 1.40 bits per heavy atom. The molecule has 0 fully saturated rings. The minimum atomic E-state index is 0.644. The lowest BCUT2D eigenvalue weighted by Crippen LogP contribution is -2.16. The van der Waals surface area contributed by atoms with Crippen LogP contribution in [0.25, 0.3) is 0 Å². The summed E-state index contributed by atoms with van der Waals surface area (Å²) in [6, 6.07) is 0. The van der Waals surface area contributed by atoms with Gasteiger partial charge < -0.3 is 4.99 Å². The Morgan fingerprint density at radius 3 is 1.50 bits per heavy atom. The molecule has 1 heteroatoms. The van der Waals surface area contributed by atoms with Gasteiger partial charge in [-0.25, -0.2) is 0 Å². The standard InChI is InChI=1S/C9H19N/c1-7(2)9(6-10-5)8(3)4/h6-9H,1-5H3. The highest BCUT2D eigenvalue weighted by Gasteiger charge is 2.13. The van der Waals surface area contributed by atoms with Crippen molar-refractivity contribution < 1.29 is 0 Å². The maximum Gasteiger partial charge on any atom is 0.0273 e. The van der Waals surface area contributed by atoms with Crippen LogP contribution in [0, 0.1) is 17.8 Å². The van der Waals surface area contributed by atoms with Gasteiger partial charge in [0.05, 0.1) is 0 Å². The zero-order valence-corrected chi connectivity index (χ0v) is 7.76. The molecule has 0 rings (SSSR count). The zero-order chi connectivity index (χ0) is 8.15. The van der Waals surface area contributed by atoms with E-state index in [1.165, 1.54) is 0 Å². The summed E-state index contributed by atoms with van der Waals surface area (Å²) in [6.45, 7) is 8.97. The Labute approximate surface area is 64.6 Å². The Kier molecular flexibility index (Phi) is 4.33. The fourth-order valence-corrected chi connectivity index (χ4v) is 1.29. The molecule has 0 saturated heterocycles. The van der Waals surface area contributed by atoms with Crippen molar-refractivity contribution in [1.82, 2.24) is 0 Å².